The van der Waals surface area contributed by atoms with Crippen LogP contribution >= 0.6 is 0 Å². The topological polar surface area (TPSA) is 72.6 Å². The van der Waals surface area contributed by atoms with E-state index in [0.29, 0.717) is 11.6 Å². The first-order valence-corrected chi connectivity index (χ1v) is 5.96. The van der Waals surface area contributed by atoms with E-state index in [1.54, 1.807) is 0 Å². The van der Waals surface area contributed by atoms with Crippen molar-refractivity contribution in [3.05, 3.63) is 69.3 Å². The molecule has 0 amide bonds. The highest BCUT2D eigenvalue weighted by Crippen LogP contribution is 2.29. The quantitative estimate of drug-likeness (QED) is 0.680. The lowest BCUT2D eigenvalue weighted by Gasteiger charge is -2.09. The van der Waals surface area contributed by atoms with Crippen molar-refractivity contribution in [3.63, 3.8) is 0 Å². The lowest BCUT2D eigenvalue weighted by Crippen LogP contribution is -2.02. The van der Waals surface area contributed by atoms with E-state index in [1.807, 2.05) is 0 Å². The second kappa shape index (κ2) is 6.27. The minimum atomic E-state index is -0.795. The number of aliphatic hydroxyl groups excluding tert-OH is 1. The molecular formula is C14H11F2NO4. The van der Waals surface area contributed by atoms with Crippen molar-refractivity contribution in [3.8, 4) is 5.75 Å². The minimum absolute atomic E-state index is 0.0695. The third-order valence-electron chi connectivity index (χ3n) is 2.80. The average Bonchev–Trinajstić information content (AvgIpc) is 2.45. The Hall–Kier alpha value is -2.54. The lowest BCUT2D eigenvalue weighted by molar-refractivity contribution is -0.386. The van der Waals surface area contributed by atoms with Crippen LogP contribution in [-0.4, -0.2) is 10.0 Å². The first-order chi connectivity index (χ1) is 10.0. The molecule has 110 valence electrons. The van der Waals surface area contributed by atoms with Crippen LogP contribution in [0.3, 0.4) is 0 Å². The van der Waals surface area contributed by atoms with E-state index in [9.17, 15) is 18.9 Å². The zero-order chi connectivity index (χ0) is 15.4. The fourth-order valence-electron chi connectivity index (χ4n) is 1.72. The Balaban J connectivity index is 2.24. The van der Waals surface area contributed by atoms with Crippen LogP contribution in [0.15, 0.2) is 36.4 Å². The summed E-state index contributed by atoms with van der Waals surface area (Å²) in [4.78, 5) is 10.2. The summed E-state index contributed by atoms with van der Waals surface area (Å²) in [6, 6.07) is 6.87. The van der Waals surface area contributed by atoms with Gasteiger partial charge in [-0.15, -0.1) is 0 Å². The van der Waals surface area contributed by atoms with E-state index in [2.05, 4.69) is 0 Å². The number of aliphatic hydroxyl groups is 1. The van der Waals surface area contributed by atoms with Gasteiger partial charge in [-0.2, -0.15) is 0 Å². The Kier molecular flexibility index (Phi) is 4.44. The Morgan fingerprint density at radius 3 is 2.57 bits per heavy atom. The Morgan fingerprint density at radius 1 is 1.19 bits per heavy atom. The van der Waals surface area contributed by atoms with Crippen molar-refractivity contribution in [2.75, 3.05) is 0 Å². The summed E-state index contributed by atoms with van der Waals surface area (Å²) in [6.07, 6.45) is 0. The highest BCUT2D eigenvalue weighted by Gasteiger charge is 2.16. The second-order valence-electron chi connectivity index (χ2n) is 4.24. The van der Waals surface area contributed by atoms with Crippen LogP contribution < -0.4 is 4.74 Å². The van der Waals surface area contributed by atoms with Crippen molar-refractivity contribution >= 4 is 5.69 Å². The van der Waals surface area contributed by atoms with Gasteiger partial charge in [-0.05, 0) is 29.8 Å². The zero-order valence-electron chi connectivity index (χ0n) is 10.8. The van der Waals surface area contributed by atoms with E-state index in [1.165, 1.54) is 24.3 Å². The molecule has 0 saturated heterocycles. The zero-order valence-corrected chi connectivity index (χ0v) is 10.8. The normalized spacial score (nSPS) is 10.4. The third-order valence-corrected chi connectivity index (χ3v) is 2.80. The Bertz CT molecular complexity index is 676. The van der Waals surface area contributed by atoms with Crippen molar-refractivity contribution in [1.29, 1.82) is 0 Å². The fourth-order valence-corrected chi connectivity index (χ4v) is 1.72. The molecule has 0 radical (unpaired) electrons. The molecule has 1 N–H and O–H groups in total. The average molecular weight is 295 g/mol. The van der Waals surface area contributed by atoms with Gasteiger partial charge >= 0.3 is 5.69 Å². The van der Waals surface area contributed by atoms with Crippen molar-refractivity contribution < 1.29 is 23.5 Å². The molecular weight excluding hydrogens is 284 g/mol. The molecule has 0 aliphatic rings. The second-order valence-corrected chi connectivity index (χ2v) is 4.24. The molecule has 0 saturated carbocycles. The van der Waals surface area contributed by atoms with Crippen LogP contribution in [0.5, 0.6) is 5.75 Å². The van der Waals surface area contributed by atoms with Gasteiger partial charge in [-0.25, -0.2) is 8.78 Å². The van der Waals surface area contributed by atoms with Crippen LogP contribution in [0.2, 0.25) is 0 Å². The highest BCUT2D eigenvalue weighted by molar-refractivity contribution is 5.48. The van der Waals surface area contributed by atoms with E-state index in [0.717, 1.165) is 6.07 Å². The number of nitro benzene ring substituents is 1. The van der Waals surface area contributed by atoms with Crippen molar-refractivity contribution in [2.24, 2.45) is 0 Å². The SMILES string of the molecule is O=[N+]([O-])c1ccc(CO)cc1OCc1ccc(F)cc1F. The molecule has 0 fully saturated rings. The minimum Gasteiger partial charge on any atom is -0.482 e. The first-order valence-electron chi connectivity index (χ1n) is 5.96. The number of rotatable bonds is 5. The predicted octanol–water partition coefficient (Wildman–Crippen LogP) is 2.94. The number of nitro groups is 1. The van der Waals surface area contributed by atoms with Gasteiger partial charge in [0.1, 0.15) is 18.2 Å². The molecule has 0 bridgehead atoms. The summed E-state index contributed by atoms with van der Waals surface area (Å²) in [6.45, 7) is -0.596. The van der Waals surface area contributed by atoms with Crippen LogP contribution in [0.1, 0.15) is 11.1 Å². The molecule has 2 aromatic rings. The summed E-state index contributed by atoms with van der Waals surface area (Å²) in [5, 5.41) is 19.9. The standard InChI is InChI=1S/C14H11F2NO4/c15-11-3-2-10(12(16)6-11)8-21-14-5-9(7-18)1-4-13(14)17(19)20/h1-6,18H,7-8H2. The number of nitrogens with zero attached hydrogens (tertiary/aromatic N) is 1. The molecule has 2 aromatic carbocycles. The van der Waals surface area contributed by atoms with E-state index in [4.69, 9.17) is 9.84 Å². The maximum absolute atomic E-state index is 13.5. The summed E-state index contributed by atoms with van der Waals surface area (Å²) in [5.74, 6) is -1.60. The molecule has 0 aromatic heterocycles. The van der Waals surface area contributed by atoms with Gasteiger partial charge in [0.05, 0.1) is 11.5 Å². The number of hydrogen-bond acceptors (Lipinski definition) is 4. The predicted molar refractivity (Wildman–Crippen MR) is 69.7 cm³/mol. The maximum atomic E-state index is 13.5. The van der Waals surface area contributed by atoms with Crippen LogP contribution in [-0.2, 0) is 13.2 Å². The van der Waals surface area contributed by atoms with E-state index < -0.39 is 16.6 Å². The summed E-state index contributed by atoms with van der Waals surface area (Å²) in [5.41, 5.74) is 0.199. The largest absolute Gasteiger partial charge is 0.482 e. The summed E-state index contributed by atoms with van der Waals surface area (Å²) >= 11 is 0. The molecule has 0 atom stereocenters. The maximum Gasteiger partial charge on any atom is 0.310 e. The molecule has 2 rings (SSSR count). The number of ether oxygens (including phenoxy) is 1. The van der Waals surface area contributed by atoms with Gasteiger partial charge in [-0.3, -0.25) is 10.1 Å². The van der Waals surface area contributed by atoms with Crippen molar-refractivity contribution in [1.82, 2.24) is 0 Å². The van der Waals surface area contributed by atoms with Crippen LogP contribution in [0.25, 0.3) is 0 Å². The highest BCUT2D eigenvalue weighted by atomic mass is 19.1. The van der Waals surface area contributed by atoms with Gasteiger partial charge in [-0.1, -0.05) is 0 Å². The van der Waals surface area contributed by atoms with Gasteiger partial charge in [0.15, 0.2) is 5.75 Å². The number of benzene rings is 2. The van der Waals surface area contributed by atoms with Crippen LogP contribution in [0.4, 0.5) is 14.5 Å². The van der Waals surface area contributed by atoms with Crippen LogP contribution in [0, 0.1) is 21.7 Å². The van der Waals surface area contributed by atoms with Gasteiger partial charge in [0.2, 0.25) is 0 Å². The first kappa shape index (κ1) is 14.9. The Labute approximate surface area is 118 Å². The van der Waals surface area contributed by atoms with E-state index >= 15 is 0 Å². The van der Waals surface area contributed by atoms with Gasteiger partial charge in [0, 0.05) is 17.7 Å². The lowest BCUT2D eigenvalue weighted by atomic mass is 10.2. The molecule has 0 aliphatic heterocycles. The summed E-state index contributed by atoms with van der Waals surface area (Å²) < 4.78 is 31.5. The number of halogens is 2. The van der Waals surface area contributed by atoms with Gasteiger partial charge in [0.25, 0.3) is 0 Å². The third kappa shape index (κ3) is 3.51. The van der Waals surface area contributed by atoms with E-state index in [-0.39, 0.29) is 30.2 Å². The molecule has 0 aliphatic carbocycles. The monoisotopic (exact) mass is 295 g/mol. The fraction of sp³-hybridized carbons (Fsp3) is 0.143. The molecule has 5 nitrogen and oxygen atoms in total. The van der Waals surface area contributed by atoms with Gasteiger partial charge < -0.3 is 9.84 Å². The molecule has 0 unspecified atom stereocenters. The molecule has 0 spiro atoms. The molecule has 0 heterocycles. The molecule has 21 heavy (non-hydrogen) atoms. The molecule has 7 heteroatoms. The Morgan fingerprint density at radius 2 is 1.95 bits per heavy atom. The smallest absolute Gasteiger partial charge is 0.310 e. The van der Waals surface area contributed by atoms with Crippen molar-refractivity contribution in [2.45, 2.75) is 13.2 Å². The summed E-state index contributed by atoms with van der Waals surface area (Å²) in [7, 11) is 0. The number of hydrogen-bond donors (Lipinski definition) is 1.